The molecule has 2 heterocycles. The van der Waals surface area contributed by atoms with E-state index in [4.69, 9.17) is 9.57 Å². The fraction of sp³-hybridized carbons (Fsp3) is 0.393. The minimum Gasteiger partial charge on any atom is -0.569 e. The van der Waals surface area contributed by atoms with E-state index in [0.717, 1.165) is 33.5 Å². The minimum absolute atomic E-state index is 0.0675. The van der Waals surface area contributed by atoms with E-state index in [9.17, 15) is 36.4 Å². The molecule has 4 rings (SSSR count). The maximum absolute atomic E-state index is 13.5. The molecule has 1 aromatic heterocycles. The van der Waals surface area contributed by atoms with Crippen molar-refractivity contribution in [1.29, 1.82) is 0 Å². The average molecular weight is 653 g/mol. The van der Waals surface area contributed by atoms with E-state index < -0.39 is 51.9 Å². The van der Waals surface area contributed by atoms with Gasteiger partial charge in [-0.05, 0) is 64.4 Å². The van der Waals surface area contributed by atoms with Gasteiger partial charge in [0, 0.05) is 5.56 Å². The summed E-state index contributed by atoms with van der Waals surface area (Å²) >= 11 is 0. The van der Waals surface area contributed by atoms with Crippen molar-refractivity contribution in [2.24, 2.45) is 16.6 Å². The Morgan fingerprint density at radius 3 is 2.36 bits per heavy atom. The number of hydrazine groups is 1. The normalized spacial score (nSPS) is 16.0. The molecule has 1 saturated heterocycles. The second-order valence-electron chi connectivity index (χ2n) is 11.3. The molecule has 0 spiro atoms. The van der Waals surface area contributed by atoms with Crippen LogP contribution in [0, 0.1) is 23.5 Å². The van der Waals surface area contributed by atoms with Gasteiger partial charge in [-0.15, -0.1) is 5.01 Å². The first-order chi connectivity index (χ1) is 21.0. The van der Waals surface area contributed by atoms with Crippen LogP contribution in [0.25, 0.3) is 16.9 Å². The van der Waals surface area contributed by atoms with Gasteiger partial charge in [0.1, 0.15) is 0 Å². The first kappa shape index (κ1) is 33.2. The van der Waals surface area contributed by atoms with E-state index >= 15 is 0 Å². The first-order valence-electron chi connectivity index (χ1n) is 13.6. The number of nitrogens with one attached hydrogen (secondary N) is 1. The van der Waals surface area contributed by atoms with Crippen molar-refractivity contribution in [3.8, 4) is 16.9 Å². The third kappa shape index (κ3) is 8.09. The van der Waals surface area contributed by atoms with Gasteiger partial charge in [0.15, 0.2) is 5.69 Å². The molecule has 0 saturated carbocycles. The number of hydrogen-bond donors (Lipinski definition) is 1. The highest BCUT2D eigenvalue weighted by Gasteiger charge is 2.36. The minimum atomic E-state index is -4.71. The molecular formula is C28H31F3N6O7S. The van der Waals surface area contributed by atoms with Crippen LogP contribution in [0.3, 0.4) is 0 Å². The van der Waals surface area contributed by atoms with Crippen LogP contribution in [0.15, 0.2) is 64.8 Å². The molecule has 1 unspecified atom stereocenters. The third-order valence-corrected chi connectivity index (χ3v) is 8.10. The summed E-state index contributed by atoms with van der Waals surface area (Å²) in [5, 5.41) is 20.3. The molecular weight excluding hydrogens is 621 g/mol. The van der Waals surface area contributed by atoms with Crippen LogP contribution >= 0.6 is 0 Å². The van der Waals surface area contributed by atoms with E-state index in [1.807, 2.05) is 11.6 Å². The maximum atomic E-state index is 13.5. The third-order valence-electron chi connectivity index (χ3n) is 6.74. The van der Waals surface area contributed by atoms with Gasteiger partial charge in [-0.3, -0.25) is 9.59 Å². The molecule has 45 heavy (non-hydrogen) atoms. The van der Waals surface area contributed by atoms with Gasteiger partial charge < -0.3 is 14.8 Å². The summed E-state index contributed by atoms with van der Waals surface area (Å²) in [7, 11) is -4.37. The molecule has 0 bridgehead atoms. The number of rotatable bonds is 9. The molecule has 3 aromatic rings. The van der Waals surface area contributed by atoms with Crippen LogP contribution in [0.1, 0.15) is 38.4 Å². The highest BCUT2D eigenvalue weighted by molar-refractivity contribution is 7.90. The first-order valence-corrected chi connectivity index (χ1v) is 15.1. The Bertz CT molecular complexity index is 1680. The zero-order chi connectivity index (χ0) is 33.2. The molecule has 1 N–H and O–H groups in total. The summed E-state index contributed by atoms with van der Waals surface area (Å²) in [5.74, 6) is -2.31. The molecule has 1 aliphatic heterocycles. The Kier molecular flexibility index (Phi) is 9.41. The van der Waals surface area contributed by atoms with E-state index in [1.54, 1.807) is 45.0 Å². The lowest BCUT2D eigenvalue weighted by Crippen LogP contribution is -2.37. The SMILES string of the molecule is Cc1ccc(-c2cc(C(F)(F)F)nn2-c2ccc(S(=O)(=O)NC(=O)C3CCN(/[N+]([O-])=N/OCOC(=O)C(C)(C)C)C3)cc2)cc1. The molecule has 1 amide bonds. The summed E-state index contributed by atoms with van der Waals surface area (Å²) in [4.78, 5) is 28.9. The van der Waals surface area contributed by atoms with E-state index in [2.05, 4.69) is 10.4 Å². The highest BCUT2D eigenvalue weighted by Crippen LogP contribution is 2.33. The number of benzene rings is 2. The lowest BCUT2D eigenvalue weighted by atomic mass is 9.98. The van der Waals surface area contributed by atoms with Crippen LogP contribution in [0.4, 0.5) is 13.2 Å². The molecule has 2 aromatic carbocycles. The van der Waals surface area contributed by atoms with Crippen molar-refractivity contribution < 1.29 is 45.7 Å². The van der Waals surface area contributed by atoms with Crippen LogP contribution in [-0.2, 0) is 35.4 Å². The molecule has 13 nitrogen and oxygen atoms in total. The molecule has 1 fully saturated rings. The fourth-order valence-electron chi connectivity index (χ4n) is 4.22. The van der Waals surface area contributed by atoms with Crippen molar-refractivity contribution in [1.82, 2.24) is 19.5 Å². The standard InChI is InChI=1S/C28H31F3N6O7S/c1-18-5-7-19(8-6-18)23-15-24(28(29,30)31)32-36(23)21-9-11-22(12-10-21)45(41,42)33-25(38)20-13-14-35(16-20)37(40)34-44-17-43-26(39)27(2,3)4/h5-12,15,20H,13-14,16-17H2,1-4H3,(H,33,38)/b37-34-. The molecule has 1 aliphatic rings. The van der Waals surface area contributed by atoms with Gasteiger partial charge >= 0.3 is 12.1 Å². The Hall–Kier alpha value is -4.67. The van der Waals surface area contributed by atoms with Crippen molar-refractivity contribution >= 4 is 21.9 Å². The van der Waals surface area contributed by atoms with Gasteiger partial charge in [-0.25, -0.2) is 17.8 Å². The Balaban J connectivity index is 1.41. The zero-order valence-electron chi connectivity index (χ0n) is 24.7. The highest BCUT2D eigenvalue weighted by atomic mass is 32.2. The summed E-state index contributed by atoms with van der Waals surface area (Å²) in [6, 6.07) is 12.5. The van der Waals surface area contributed by atoms with Crippen LogP contribution in [-0.4, -0.2) is 59.9 Å². The lowest BCUT2D eigenvalue weighted by molar-refractivity contribution is -0.708. The number of ether oxygens (including phenoxy) is 1. The molecule has 242 valence electrons. The number of carbonyl (C=O) groups excluding carboxylic acids is 2. The van der Waals surface area contributed by atoms with Gasteiger partial charge in [-0.1, -0.05) is 29.8 Å². The van der Waals surface area contributed by atoms with Crippen LogP contribution in [0.5, 0.6) is 0 Å². The van der Waals surface area contributed by atoms with E-state index in [0.29, 0.717) is 5.56 Å². The van der Waals surface area contributed by atoms with Crippen LogP contribution in [0.2, 0.25) is 0 Å². The van der Waals surface area contributed by atoms with Crippen molar-refractivity contribution in [2.75, 3.05) is 19.9 Å². The molecule has 0 aliphatic carbocycles. The Morgan fingerprint density at radius 1 is 1.11 bits per heavy atom. The molecule has 0 radical (unpaired) electrons. The quantitative estimate of drug-likeness (QED) is 0.0886. The predicted octanol–water partition coefficient (Wildman–Crippen LogP) is 4.35. The summed E-state index contributed by atoms with van der Waals surface area (Å²) in [5.41, 5.74) is -0.205. The number of sulfonamides is 1. The number of alkyl halides is 3. The summed E-state index contributed by atoms with van der Waals surface area (Å²) in [6.07, 6.45) is -4.57. The van der Waals surface area contributed by atoms with Crippen LogP contribution < -0.4 is 4.72 Å². The second-order valence-corrected chi connectivity index (χ2v) is 13.0. The van der Waals surface area contributed by atoms with Crippen molar-refractivity contribution in [2.45, 2.75) is 45.2 Å². The summed E-state index contributed by atoms with van der Waals surface area (Å²) < 4.78 is 74.3. The Labute approximate surface area is 256 Å². The number of carbonyl (C=O) groups is 2. The monoisotopic (exact) mass is 652 g/mol. The Morgan fingerprint density at radius 2 is 1.76 bits per heavy atom. The number of amides is 1. The largest absolute Gasteiger partial charge is 0.569 e. The van der Waals surface area contributed by atoms with E-state index in [1.165, 1.54) is 12.1 Å². The van der Waals surface area contributed by atoms with Crippen molar-refractivity contribution in [3.63, 3.8) is 0 Å². The number of aromatic nitrogens is 2. The average Bonchev–Trinajstić information content (AvgIpc) is 3.64. The van der Waals surface area contributed by atoms with Gasteiger partial charge in [0.05, 0.1) is 45.7 Å². The number of nitrogens with zero attached hydrogens (tertiary/aromatic N) is 5. The molecule has 17 heteroatoms. The second kappa shape index (κ2) is 12.7. The van der Waals surface area contributed by atoms with Crippen molar-refractivity contribution in [3.05, 3.63) is 71.1 Å². The molecule has 1 atom stereocenters. The van der Waals surface area contributed by atoms with Gasteiger partial charge in [-0.2, -0.15) is 18.3 Å². The number of esters is 1. The number of hydrogen-bond acceptors (Lipinski definition) is 9. The zero-order valence-corrected chi connectivity index (χ0v) is 25.6. The lowest BCUT2D eigenvalue weighted by Gasteiger charge is -2.15. The maximum Gasteiger partial charge on any atom is 0.435 e. The van der Waals surface area contributed by atoms with Gasteiger partial charge in [0.2, 0.25) is 11.2 Å². The summed E-state index contributed by atoms with van der Waals surface area (Å²) in [6.45, 7) is 6.05. The fourth-order valence-corrected chi connectivity index (χ4v) is 5.26. The van der Waals surface area contributed by atoms with E-state index in [-0.39, 0.29) is 40.8 Å². The number of aryl methyl sites for hydroxylation is 1. The van der Waals surface area contributed by atoms with Gasteiger partial charge in [0.25, 0.3) is 16.8 Å². The predicted molar refractivity (Wildman–Crippen MR) is 151 cm³/mol. The number of halogens is 3. The topological polar surface area (TPSA) is 158 Å². The smallest absolute Gasteiger partial charge is 0.435 e.